The number of amides is 3. The first kappa shape index (κ1) is 48.2. The number of likely N-dealkylation sites (tertiary alicyclic amines) is 1. The molecule has 14 nitrogen and oxygen atoms in total. The lowest BCUT2D eigenvalue weighted by molar-refractivity contribution is -0.123. The number of halogens is 3. The number of nitrogens with one attached hydrogen (secondary N) is 3. The van der Waals surface area contributed by atoms with Crippen molar-refractivity contribution >= 4 is 53.4 Å². The minimum Gasteiger partial charge on any atom is -0.483 e. The quantitative estimate of drug-likeness (QED) is 0.183. The van der Waals surface area contributed by atoms with Crippen molar-refractivity contribution in [2.24, 2.45) is 22.0 Å². The van der Waals surface area contributed by atoms with Gasteiger partial charge in [0.2, 0.25) is 0 Å². The molecule has 3 N–H and O–H groups in total. The van der Waals surface area contributed by atoms with E-state index in [1.807, 2.05) is 80.8 Å². The number of benzene rings is 4. The Morgan fingerprint density at radius 2 is 1.19 bits per heavy atom. The van der Waals surface area contributed by atoms with Crippen LogP contribution in [0.4, 0.5) is 25.0 Å². The summed E-state index contributed by atoms with van der Waals surface area (Å²) in [5, 5.41) is 11.8. The largest absolute Gasteiger partial charge is 0.483 e. The maximum absolute atomic E-state index is 15.1. The summed E-state index contributed by atoms with van der Waals surface area (Å²) in [7, 11) is 0. The molecule has 0 bridgehead atoms. The summed E-state index contributed by atoms with van der Waals surface area (Å²) in [5.41, 5.74) is 10.9. The number of hydrogen-bond donors (Lipinski definition) is 3. The highest BCUT2D eigenvalue weighted by Crippen LogP contribution is 2.48. The maximum Gasteiger partial charge on any atom is 0.410 e. The Labute approximate surface area is 401 Å². The molecular weight excluding hydrogens is 894 g/mol. The lowest BCUT2D eigenvalue weighted by atomic mass is 9.78. The summed E-state index contributed by atoms with van der Waals surface area (Å²) in [6.07, 6.45) is 1.34. The van der Waals surface area contributed by atoms with Crippen LogP contribution in [0.15, 0.2) is 83.0 Å². The normalized spacial score (nSPS) is 24.0. The Morgan fingerprint density at radius 3 is 1.65 bits per heavy atom. The summed E-state index contributed by atoms with van der Waals surface area (Å²) in [5.74, 6) is 2.45. The number of carbonyl (C=O) groups excluding carboxylic acids is 3. The summed E-state index contributed by atoms with van der Waals surface area (Å²) in [4.78, 5) is 43.0. The average Bonchev–Trinajstić information content (AvgIpc) is 3.30. The number of hydrogen-bond acceptors (Lipinski definition) is 11. The standard InChI is InChI=1S/C28H33FN4O4.C23H25FN4O2.ClH/c1-16-14-32(27(35)37-28(3,4)5)11-10-18(16)20-12-23-24(13-21(20)19-8-6-7-9-22(19)29)36-15-25-30-31-26(34)17(2)33(23)25;1-13-11-25-8-7-15(13)17-9-20-21(10-18(17)16-5-3-4-6-19(16)24)30-12-22-26-27-23(29)14(2)28(20)22;/h6-9,12-13,16-18H,10-11,14-15H2,1-5H3,(H,31,34);3-6,9-10,13-15,25H,7-8,11-12H2,1-2H3,(H,27,29);1H/t16-,17+,18+;13-,14+,15+;/m00./s1. The smallest absolute Gasteiger partial charge is 0.410 e. The summed E-state index contributed by atoms with van der Waals surface area (Å²) >= 11 is 0. The Balaban J connectivity index is 0.000000185. The molecule has 10 rings (SSSR count). The van der Waals surface area contributed by atoms with Crippen LogP contribution < -0.4 is 35.4 Å². The minimum atomic E-state index is -0.565. The molecule has 2 fully saturated rings. The Hall–Kier alpha value is -6.26. The predicted molar refractivity (Wildman–Crippen MR) is 261 cm³/mol. The highest BCUT2D eigenvalue weighted by Gasteiger charge is 2.40. The fraction of sp³-hybridized carbons (Fsp3) is 0.431. The molecule has 6 atom stereocenters. The van der Waals surface area contributed by atoms with Crippen LogP contribution in [0.1, 0.15) is 84.3 Å². The van der Waals surface area contributed by atoms with Gasteiger partial charge in [0.05, 0.1) is 11.4 Å². The van der Waals surface area contributed by atoms with Crippen molar-refractivity contribution in [1.82, 2.24) is 21.1 Å². The van der Waals surface area contributed by atoms with Crippen LogP contribution in [-0.2, 0) is 14.3 Å². The van der Waals surface area contributed by atoms with Crippen molar-refractivity contribution in [2.75, 3.05) is 49.2 Å². The first-order chi connectivity index (χ1) is 32.1. The van der Waals surface area contributed by atoms with Gasteiger partial charge in [0.1, 0.15) is 54.0 Å². The number of amidine groups is 2. The lowest BCUT2D eigenvalue weighted by Gasteiger charge is -2.41. The van der Waals surface area contributed by atoms with Crippen LogP contribution in [0.25, 0.3) is 22.3 Å². The number of rotatable bonds is 4. The van der Waals surface area contributed by atoms with Crippen LogP contribution in [0.5, 0.6) is 11.5 Å². The second-order valence-corrected chi connectivity index (χ2v) is 19.3. The zero-order chi connectivity index (χ0) is 47.3. The molecule has 0 radical (unpaired) electrons. The lowest BCUT2D eigenvalue weighted by Crippen LogP contribution is -2.55. The summed E-state index contributed by atoms with van der Waals surface area (Å²) in [6, 6.07) is 20.7. The average molecular weight is 954 g/mol. The monoisotopic (exact) mass is 952 g/mol. The first-order valence-corrected chi connectivity index (χ1v) is 23.2. The molecule has 6 aliphatic rings. The van der Waals surface area contributed by atoms with Gasteiger partial charge in [-0.1, -0.05) is 50.2 Å². The van der Waals surface area contributed by atoms with Gasteiger partial charge in [-0.25, -0.2) is 24.4 Å². The van der Waals surface area contributed by atoms with E-state index in [2.05, 4.69) is 46.3 Å². The van der Waals surface area contributed by atoms with Gasteiger partial charge in [-0.2, -0.15) is 10.2 Å². The van der Waals surface area contributed by atoms with Crippen molar-refractivity contribution in [3.63, 3.8) is 0 Å². The summed E-state index contributed by atoms with van der Waals surface area (Å²) in [6.45, 7) is 17.0. The van der Waals surface area contributed by atoms with Gasteiger partial charge in [0.15, 0.2) is 11.7 Å². The van der Waals surface area contributed by atoms with Crippen molar-refractivity contribution in [3.05, 3.63) is 95.6 Å². The third kappa shape index (κ3) is 9.32. The van der Waals surface area contributed by atoms with E-state index in [0.29, 0.717) is 59.7 Å². The van der Waals surface area contributed by atoms with Crippen LogP contribution in [-0.4, -0.2) is 91.6 Å². The van der Waals surface area contributed by atoms with Crippen LogP contribution in [0, 0.1) is 23.5 Å². The minimum absolute atomic E-state index is 0. The fourth-order valence-electron chi connectivity index (χ4n) is 10.2. The fourth-order valence-corrected chi connectivity index (χ4v) is 10.2. The highest BCUT2D eigenvalue weighted by atomic mass is 35.5. The number of hydrazone groups is 2. The number of ether oxygens (including phenoxy) is 3. The van der Waals surface area contributed by atoms with Crippen molar-refractivity contribution < 1.29 is 37.4 Å². The van der Waals surface area contributed by atoms with E-state index < -0.39 is 17.7 Å². The molecule has 0 aromatic heterocycles. The second kappa shape index (κ2) is 19.4. The van der Waals surface area contributed by atoms with Gasteiger partial charge in [0, 0.05) is 24.2 Å². The second-order valence-electron chi connectivity index (χ2n) is 19.3. The van der Waals surface area contributed by atoms with Gasteiger partial charge in [0.25, 0.3) is 11.8 Å². The molecule has 3 amide bonds. The number of fused-ring (bicyclic) bond motifs is 6. The van der Waals surface area contributed by atoms with Crippen molar-refractivity contribution in [1.29, 1.82) is 0 Å². The van der Waals surface area contributed by atoms with E-state index >= 15 is 4.39 Å². The van der Waals surface area contributed by atoms with Gasteiger partial charge < -0.3 is 34.2 Å². The molecule has 4 aromatic carbocycles. The molecule has 2 saturated heterocycles. The molecule has 360 valence electrons. The molecule has 6 aliphatic heterocycles. The van der Waals surface area contributed by atoms with Crippen molar-refractivity contribution in [2.45, 2.75) is 90.8 Å². The maximum atomic E-state index is 15.1. The molecule has 17 heteroatoms. The number of nitrogens with zero attached hydrogens (tertiary/aromatic N) is 5. The van der Waals surface area contributed by atoms with E-state index in [4.69, 9.17) is 14.2 Å². The topological polar surface area (TPSA) is 149 Å². The zero-order valence-electron chi connectivity index (χ0n) is 39.4. The van der Waals surface area contributed by atoms with Gasteiger partial charge >= 0.3 is 6.09 Å². The Bertz CT molecular complexity index is 2680. The molecular formula is C51H59ClF2N8O6. The first-order valence-electron chi connectivity index (χ1n) is 23.2. The van der Waals surface area contributed by atoms with E-state index in [1.165, 1.54) is 12.1 Å². The number of piperidine rings is 2. The SMILES string of the molecule is C[C@@H]1C(=O)NN=C2COc3cc(-c4ccccc4F)c([C@@H]4CCN(C(=O)OC(C)(C)C)C[C@@H]4C)cc3N21.C[C@@H]1C(=O)NN=C2COc3cc(-c4ccccc4F)c([C@@H]4CCNC[C@@H]4C)cc3N21.Cl. The van der Waals surface area contributed by atoms with Crippen LogP contribution in [0.2, 0.25) is 0 Å². The van der Waals surface area contributed by atoms with Crippen molar-refractivity contribution in [3.8, 4) is 33.8 Å². The Kier molecular flexibility index (Phi) is 13.7. The number of carbonyl (C=O) groups is 3. The van der Waals surface area contributed by atoms with E-state index in [1.54, 1.807) is 23.1 Å². The van der Waals surface area contributed by atoms with E-state index in [9.17, 15) is 18.8 Å². The van der Waals surface area contributed by atoms with Gasteiger partial charge in [-0.3, -0.25) is 9.59 Å². The van der Waals surface area contributed by atoms with Crippen LogP contribution >= 0.6 is 12.4 Å². The summed E-state index contributed by atoms with van der Waals surface area (Å²) < 4.78 is 47.5. The number of anilines is 2. The van der Waals surface area contributed by atoms with E-state index in [-0.39, 0.29) is 72.9 Å². The Morgan fingerprint density at radius 1 is 0.706 bits per heavy atom. The predicted octanol–water partition coefficient (Wildman–Crippen LogP) is 8.54. The van der Waals surface area contributed by atoms with E-state index in [0.717, 1.165) is 53.1 Å². The van der Waals surface area contributed by atoms with Gasteiger partial charge in [-0.15, -0.1) is 12.4 Å². The molecule has 6 heterocycles. The molecule has 0 spiro atoms. The molecule has 0 unspecified atom stereocenters. The van der Waals surface area contributed by atoms with Crippen LogP contribution in [0.3, 0.4) is 0 Å². The molecule has 0 aliphatic carbocycles. The molecule has 68 heavy (non-hydrogen) atoms. The molecule has 0 saturated carbocycles. The third-order valence-electron chi connectivity index (χ3n) is 13.6. The zero-order valence-corrected chi connectivity index (χ0v) is 40.2. The highest BCUT2D eigenvalue weighted by molar-refractivity contribution is 6.10. The molecule has 4 aromatic rings. The van der Waals surface area contributed by atoms with Gasteiger partial charge in [-0.05, 0) is 143 Å². The third-order valence-corrected chi connectivity index (χ3v) is 13.6.